The number of hydrogen-bond donors (Lipinski definition) is 9. The quantitative estimate of drug-likeness (QED) is 0.0194. The molecule has 0 radical (unpaired) electrons. The highest BCUT2D eigenvalue weighted by Crippen LogP contribution is 2.55. The van der Waals surface area contributed by atoms with Crippen LogP contribution in [0.4, 0.5) is 0 Å². The van der Waals surface area contributed by atoms with E-state index in [-0.39, 0.29) is 0 Å². The summed E-state index contributed by atoms with van der Waals surface area (Å²) >= 11 is 3.33. The van der Waals surface area contributed by atoms with Gasteiger partial charge in [-0.15, -0.1) is 0 Å². The van der Waals surface area contributed by atoms with Crippen molar-refractivity contribution in [2.45, 2.75) is 388 Å². The van der Waals surface area contributed by atoms with E-state index in [0.29, 0.717) is 152 Å². The first kappa shape index (κ1) is 110. The van der Waals surface area contributed by atoms with Crippen molar-refractivity contribution >= 4 is 15.9 Å². The molecule has 9 N–H and O–H groups in total. The number of ether oxygens (including phenoxy) is 2. The van der Waals surface area contributed by atoms with Gasteiger partial charge >= 0.3 is 0 Å². The first-order chi connectivity index (χ1) is 65.6. The summed E-state index contributed by atoms with van der Waals surface area (Å²) in [7, 11) is 3.17. The second-order valence-corrected chi connectivity index (χ2v) is 44.0. The molecule has 0 amide bonds. The Bertz CT molecular complexity index is 4570. The number of methoxy groups -OCH3 is 2. The molecule has 12 heteroatoms. The number of benzene rings is 9. The predicted octanol–water partition coefficient (Wildman–Crippen LogP) is 36.0. The van der Waals surface area contributed by atoms with Crippen molar-refractivity contribution in [1.29, 1.82) is 0 Å². The Morgan fingerprint density at radius 1 is 0.197 bits per heavy atom. The number of aromatic hydroxyl groups is 9. The van der Waals surface area contributed by atoms with Crippen LogP contribution in [0.2, 0.25) is 0 Å². The van der Waals surface area contributed by atoms with Gasteiger partial charge in [0.15, 0.2) is 23.0 Å². The highest BCUT2D eigenvalue weighted by atomic mass is 79.9. The zero-order valence-electron chi connectivity index (χ0n) is 88.1. The van der Waals surface area contributed by atoms with Gasteiger partial charge in [0.05, 0.1) is 18.7 Å². The summed E-state index contributed by atoms with van der Waals surface area (Å²) in [5, 5.41) is 91.6. The zero-order chi connectivity index (χ0) is 99.9. The van der Waals surface area contributed by atoms with Crippen LogP contribution in [0.25, 0.3) is 0 Å². The van der Waals surface area contributed by atoms with Gasteiger partial charge in [-0.1, -0.05) is 291 Å². The minimum absolute atomic E-state index is 0.314. The Labute approximate surface area is 836 Å². The maximum absolute atomic E-state index is 10.3. The predicted molar refractivity (Wildman–Crippen MR) is 576 cm³/mol. The van der Waals surface area contributed by atoms with Crippen LogP contribution in [0.5, 0.6) is 63.2 Å². The van der Waals surface area contributed by atoms with E-state index in [0.717, 1.165) is 180 Å². The first-order valence-electron chi connectivity index (χ1n) is 53.7. The Hall–Kier alpha value is -8.74. The fourth-order valence-corrected chi connectivity index (χ4v) is 20.5. The zero-order valence-corrected chi connectivity index (χ0v) is 89.7. The van der Waals surface area contributed by atoms with E-state index in [2.05, 4.69) is 271 Å². The smallest absolute Gasteiger partial charge is 0.161 e. The van der Waals surface area contributed by atoms with Gasteiger partial charge in [0.1, 0.15) is 40.2 Å². The van der Waals surface area contributed by atoms with E-state index < -0.39 is 0 Å². The van der Waals surface area contributed by atoms with Crippen molar-refractivity contribution in [1.82, 2.24) is 0 Å². The number of hydrogen-bond acceptors (Lipinski definition) is 11. The van der Waals surface area contributed by atoms with Crippen LogP contribution < -0.4 is 9.47 Å². The standard InChI is InChI=1S/6C15H22O.2C12H16O2.C11H13BrO/c6*1-4-10(2)13-6-5-7-14(15(13)16)11(3)12-8-9-12;2*1-8(9-6-7-9)10-4-3-5-11(14-2)12(10)13;1-7(8-5-6-8)9-3-2-4-10(12)11(9)13/h6*5-7,10-12,16H,4,8-9H2,1-3H3;2*3-5,8-9,13H,6-7H2,1-2H3;2-4,7-8,13H,5-6H2,1H3/t2*10?,11-;2*10-,11+;2*10-,11-;2*8-;7-/m101010101/s1. The summed E-state index contributed by atoms with van der Waals surface area (Å²) in [4.78, 5) is 0. The van der Waals surface area contributed by atoms with Gasteiger partial charge in [-0.2, -0.15) is 0 Å². The molecule has 137 heavy (non-hydrogen) atoms. The van der Waals surface area contributed by atoms with Crippen LogP contribution in [0.15, 0.2) is 168 Å². The lowest BCUT2D eigenvalue weighted by atomic mass is 9.89. The molecule has 750 valence electrons. The van der Waals surface area contributed by atoms with Gasteiger partial charge in [0, 0.05) is 11.1 Å². The lowest BCUT2D eigenvalue weighted by Gasteiger charge is -2.18. The largest absolute Gasteiger partial charge is 0.507 e. The van der Waals surface area contributed by atoms with Crippen LogP contribution in [-0.4, -0.2) is 60.2 Å². The molecule has 0 saturated heterocycles. The van der Waals surface area contributed by atoms with Crippen LogP contribution >= 0.6 is 15.9 Å². The van der Waals surface area contributed by atoms with Gasteiger partial charge < -0.3 is 55.4 Å². The minimum atomic E-state index is 0.314. The molecule has 9 aliphatic rings. The summed E-state index contributed by atoms with van der Waals surface area (Å²) in [5.41, 5.74) is 16.7. The second-order valence-electron chi connectivity index (χ2n) is 43.2. The Morgan fingerprint density at radius 2 is 0.321 bits per heavy atom. The number of rotatable bonds is 32. The Morgan fingerprint density at radius 3 is 0.460 bits per heavy atom. The van der Waals surface area contributed by atoms with Crippen LogP contribution in [0, 0.1) is 53.3 Å². The van der Waals surface area contributed by atoms with Crippen molar-refractivity contribution in [3.63, 3.8) is 0 Å². The summed E-state index contributed by atoms with van der Waals surface area (Å²) in [5.74, 6) is 19.8. The molecule has 0 spiro atoms. The molecule has 15 atom stereocenters. The van der Waals surface area contributed by atoms with Gasteiger partial charge in [0.25, 0.3) is 0 Å². The molecule has 0 aliphatic heterocycles. The van der Waals surface area contributed by atoms with Crippen molar-refractivity contribution in [2.24, 2.45) is 53.3 Å². The highest BCUT2D eigenvalue weighted by molar-refractivity contribution is 9.10. The van der Waals surface area contributed by atoms with Crippen molar-refractivity contribution < 1.29 is 55.4 Å². The summed E-state index contributed by atoms with van der Waals surface area (Å²) < 4.78 is 11.0. The molecule has 9 aromatic rings. The molecule has 9 saturated carbocycles. The van der Waals surface area contributed by atoms with E-state index in [1.807, 2.05) is 42.5 Å². The van der Waals surface area contributed by atoms with Gasteiger partial charge in [0.2, 0.25) is 0 Å². The number of halogens is 1. The molecule has 0 aromatic heterocycles. The molecule has 2 unspecified atom stereocenters. The Balaban J connectivity index is 0.000000159. The molecule has 18 rings (SSSR count). The average Bonchev–Trinajstić information content (AvgIpc) is 1.73. The van der Waals surface area contributed by atoms with E-state index in [9.17, 15) is 46.0 Å². The fourth-order valence-electron chi connectivity index (χ4n) is 20.1. The maximum Gasteiger partial charge on any atom is 0.161 e. The third kappa shape index (κ3) is 30.4. The second kappa shape index (κ2) is 52.1. The average molecular weight is 1940 g/mol. The van der Waals surface area contributed by atoms with Gasteiger partial charge in [-0.05, 0) is 403 Å². The Kier molecular flexibility index (Phi) is 42.0. The minimum Gasteiger partial charge on any atom is -0.507 e. The lowest BCUT2D eigenvalue weighted by Crippen LogP contribution is -2.00. The lowest BCUT2D eigenvalue weighted by molar-refractivity contribution is 0.368. The molecule has 0 bridgehead atoms. The van der Waals surface area contributed by atoms with Gasteiger partial charge in [-0.25, -0.2) is 0 Å². The molecule has 11 nitrogen and oxygen atoms in total. The third-order valence-corrected chi connectivity index (χ3v) is 34.0. The third-order valence-electron chi connectivity index (χ3n) is 33.3. The van der Waals surface area contributed by atoms with Crippen LogP contribution in [-0.2, 0) is 0 Å². The van der Waals surface area contributed by atoms with E-state index >= 15 is 0 Å². The highest BCUT2D eigenvalue weighted by Gasteiger charge is 2.39. The number of phenolic OH excluding ortho intramolecular Hbond substituents is 9. The van der Waals surface area contributed by atoms with E-state index in [1.54, 1.807) is 26.4 Å². The first-order valence-corrected chi connectivity index (χ1v) is 54.4. The van der Waals surface area contributed by atoms with Gasteiger partial charge in [-0.3, -0.25) is 0 Å². The van der Waals surface area contributed by atoms with Crippen molar-refractivity contribution in [3.05, 3.63) is 252 Å². The number of para-hydroxylation sites is 9. The normalized spacial score (nSPS) is 19.0. The monoisotopic (exact) mass is 1930 g/mol. The van der Waals surface area contributed by atoms with Crippen molar-refractivity contribution in [3.8, 4) is 63.2 Å². The molecule has 9 fully saturated rings. The summed E-state index contributed by atoms with van der Waals surface area (Å²) in [6, 6.07) is 54.8. The molecule has 0 heterocycles. The molecular weight excluding hydrogens is 1760 g/mol. The summed E-state index contributed by atoms with van der Waals surface area (Å²) in [6.45, 7) is 46.1. The molecular formula is C125H177BrO11. The fraction of sp³-hybridized carbons (Fsp3) is 0.568. The SMILES string of the molecule is CCC(C)c1cccc([C@@H](C)C2CC2)c1O.CCC(C)c1cccc([C@H](C)C2CC2)c1O.CC[C@@H](C)c1cccc([C@@H](C)C2CC2)c1O.CC[C@@H](C)c1cccc([C@H](C)C2CC2)c1O.CC[C@H](C)c1cccc([C@@H](C)C2CC2)c1O.CC[C@H](C)c1cccc([C@H](C)C2CC2)c1O.COc1cccc([C@@H](C)C2CC2)c1O.COc1cccc([C@H](C)C2CC2)c1O.C[C@@H](c1cccc(Br)c1O)C1CC1. The van der Waals surface area contributed by atoms with Crippen LogP contribution in [0.1, 0.15) is 472 Å². The van der Waals surface area contributed by atoms with E-state index in [4.69, 9.17) is 9.47 Å². The number of phenols is 9. The van der Waals surface area contributed by atoms with Crippen molar-refractivity contribution in [2.75, 3.05) is 14.2 Å². The maximum atomic E-state index is 10.3. The molecule has 9 aliphatic carbocycles. The molecule has 9 aromatic carbocycles. The van der Waals surface area contributed by atoms with E-state index in [1.165, 1.54) is 116 Å². The topological polar surface area (TPSA) is 201 Å². The summed E-state index contributed by atoms with van der Waals surface area (Å²) in [6.07, 6.45) is 30.2. The van der Waals surface area contributed by atoms with Crippen LogP contribution in [0.3, 0.4) is 0 Å².